The predicted octanol–water partition coefficient (Wildman–Crippen LogP) is 5.10. The van der Waals surface area contributed by atoms with E-state index in [1.807, 2.05) is 31.2 Å². The molecule has 164 valence electrons. The molecule has 0 unspecified atom stereocenters. The lowest BCUT2D eigenvalue weighted by atomic mass is 10.1. The van der Waals surface area contributed by atoms with Crippen LogP contribution in [-0.4, -0.2) is 32.9 Å². The Morgan fingerprint density at radius 1 is 1.13 bits per heavy atom. The van der Waals surface area contributed by atoms with Crippen molar-refractivity contribution in [2.75, 3.05) is 26.9 Å². The van der Waals surface area contributed by atoms with Gasteiger partial charge in [0.25, 0.3) is 0 Å². The standard InChI is InChI=1S/C24H26INO5/c1-5-17-9-16(3)10-20(12-17)30-7-8-31-23-21(25)13-18(14-22(23)28-4)11-19(15-26)24(27)29-6-2/h9-14H,5-8H2,1-4H3/b19-11+. The van der Waals surface area contributed by atoms with Crippen molar-refractivity contribution in [2.45, 2.75) is 27.2 Å². The first-order valence-corrected chi connectivity index (χ1v) is 11.0. The molecule has 0 saturated carbocycles. The topological polar surface area (TPSA) is 77.8 Å². The predicted molar refractivity (Wildman–Crippen MR) is 127 cm³/mol. The van der Waals surface area contributed by atoms with E-state index in [0.717, 1.165) is 21.3 Å². The van der Waals surface area contributed by atoms with Gasteiger partial charge in [-0.3, -0.25) is 0 Å². The molecule has 0 aliphatic rings. The maximum atomic E-state index is 11.9. The van der Waals surface area contributed by atoms with E-state index in [1.54, 1.807) is 13.0 Å². The smallest absolute Gasteiger partial charge is 0.348 e. The molecule has 0 aliphatic carbocycles. The Morgan fingerprint density at radius 3 is 2.52 bits per heavy atom. The molecular formula is C24H26INO5. The number of methoxy groups -OCH3 is 1. The van der Waals surface area contributed by atoms with E-state index in [-0.39, 0.29) is 12.2 Å². The monoisotopic (exact) mass is 535 g/mol. The molecule has 0 spiro atoms. The van der Waals surface area contributed by atoms with E-state index in [2.05, 4.69) is 35.6 Å². The first kappa shape index (κ1) is 24.5. The van der Waals surface area contributed by atoms with Gasteiger partial charge in [0, 0.05) is 0 Å². The molecule has 0 heterocycles. The number of rotatable bonds is 10. The number of carbonyl (C=O) groups is 1. The fourth-order valence-electron chi connectivity index (χ4n) is 2.89. The van der Waals surface area contributed by atoms with Crippen molar-refractivity contribution in [1.82, 2.24) is 0 Å². The molecule has 2 aromatic carbocycles. The molecule has 6 nitrogen and oxygen atoms in total. The van der Waals surface area contributed by atoms with Crippen LogP contribution < -0.4 is 14.2 Å². The van der Waals surface area contributed by atoms with Gasteiger partial charge in [0.05, 0.1) is 17.3 Å². The minimum atomic E-state index is -0.654. The van der Waals surface area contributed by atoms with Crippen molar-refractivity contribution in [2.24, 2.45) is 0 Å². The van der Waals surface area contributed by atoms with Crippen LogP contribution in [-0.2, 0) is 16.0 Å². The van der Waals surface area contributed by atoms with Crippen LogP contribution >= 0.6 is 22.6 Å². The van der Waals surface area contributed by atoms with Gasteiger partial charge in [-0.2, -0.15) is 5.26 Å². The number of halogens is 1. The highest BCUT2D eigenvalue weighted by Crippen LogP contribution is 2.34. The minimum Gasteiger partial charge on any atom is -0.493 e. The highest BCUT2D eigenvalue weighted by Gasteiger charge is 2.14. The average Bonchev–Trinajstić information content (AvgIpc) is 2.75. The molecule has 0 amide bonds. The van der Waals surface area contributed by atoms with Crippen molar-refractivity contribution >= 4 is 34.6 Å². The Morgan fingerprint density at radius 2 is 1.87 bits per heavy atom. The fraction of sp³-hybridized carbons (Fsp3) is 0.333. The van der Waals surface area contributed by atoms with Gasteiger partial charge < -0.3 is 18.9 Å². The summed E-state index contributed by atoms with van der Waals surface area (Å²) < 4.78 is 22.9. The second-order valence-electron chi connectivity index (χ2n) is 6.63. The van der Waals surface area contributed by atoms with Crippen LogP contribution in [0.2, 0.25) is 0 Å². The minimum absolute atomic E-state index is 0.0774. The van der Waals surface area contributed by atoms with Crippen molar-refractivity contribution in [3.63, 3.8) is 0 Å². The van der Waals surface area contributed by atoms with Crippen LogP contribution in [0.25, 0.3) is 6.08 Å². The van der Waals surface area contributed by atoms with Crippen LogP contribution in [0.1, 0.15) is 30.5 Å². The molecule has 0 fully saturated rings. The zero-order valence-electron chi connectivity index (χ0n) is 18.2. The number of esters is 1. The van der Waals surface area contributed by atoms with Crippen LogP contribution in [0.15, 0.2) is 35.9 Å². The number of nitriles is 1. The summed E-state index contributed by atoms with van der Waals surface area (Å²) in [6.07, 6.45) is 2.42. The van der Waals surface area contributed by atoms with Crippen molar-refractivity contribution < 1.29 is 23.7 Å². The zero-order valence-corrected chi connectivity index (χ0v) is 20.3. The summed E-state index contributed by atoms with van der Waals surface area (Å²) in [5, 5.41) is 9.23. The largest absolute Gasteiger partial charge is 0.493 e. The van der Waals surface area contributed by atoms with E-state index >= 15 is 0 Å². The highest BCUT2D eigenvalue weighted by atomic mass is 127. The Balaban J connectivity index is 2.09. The lowest BCUT2D eigenvalue weighted by Gasteiger charge is -2.14. The number of hydrogen-bond donors (Lipinski definition) is 0. The maximum absolute atomic E-state index is 11.9. The third-order valence-corrected chi connectivity index (χ3v) is 5.10. The second kappa shape index (κ2) is 12.2. The van der Waals surface area contributed by atoms with Crippen LogP contribution in [0.5, 0.6) is 17.2 Å². The van der Waals surface area contributed by atoms with Crippen LogP contribution in [0.4, 0.5) is 0 Å². The quantitative estimate of drug-likeness (QED) is 0.139. The number of carbonyl (C=O) groups excluding carboxylic acids is 1. The lowest BCUT2D eigenvalue weighted by Crippen LogP contribution is -2.11. The summed E-state index contributed by atoms with van der Waals surface area (Å²) in [4.78, 5) is 11.9. The summed E-state index contributed by atoms with van der Waals surface area (Å²) in [6.45, 7) is 6.77. The summed E-state index contributed by atoms with van der Waals surface area (Å²) in [7, 11) is 1.54. The molecule has 0 aromatic heterocycles. The highest BCUT2D eigenvalue weighted by molar-refractivity contribution is 14.1. The molecule has 31 heavy (non-hydrogen) atoms. The van der Waals surface area contributed by atoms with Gasteiger partial charge in [0.15, 0.2) is 11.5 Å². The molecule has 2 aromatic rings. The lowest BCUT2D eigenvalue weighted by molar-refractivity contribution is -0.137. The Labute approximate surface area is 196 Å². The van der Waals surface area contributed by atoms with Gasteiger partial charge in [-0.15, -0.1) is 0 Å². The summed E-state index contributed by atoms with van der Waals surface area (Å²) in [5.41, 5.74) is 2.96. The summed E-state index contributed by atoms with van der Waals surface area (Å²) in [5.74, 6) is 1.25. The molecule has 0 saturated heterocycles. The Kier molecular flexibility index (Phi) is 9.66. The number of nitrogens with zero attached hydrogens (tertiary/aromatic N) is 1. The normalized spacial score (nSPS) is 10.9. The molecule has 0 aliphatic heterocycles. The SMILES string of the molecule is CCOC(=O)/C(C#N)=C/c1cc(I)c(OCCOc2cc(C)cc(CC)c2)c(OC)c1. The molecule has 0 atom stereocenters. The number of benzene rings is 2. The first-order valence-electron chi connectivity index (χ1n) is 9.94. The van der Waals surface area contributed by atoms with Gasteiger partial charge in [-0.05, 0) is 89.9 Å². The van der Waals surface area contributed by atoms with Gasteiger partial charge in [0.1, 0.15) is 30.6 Å². The molecule has 0 N–H and O–H groups in total. The van der Waals surface area contributed by atoms with Crippen molar-refractivity contribution in [1.29, 1.82) is 5.26 Å². The Bertz CT molecular complexity index is 994. The van der Waals surface area contributed by atoms with Crippen molar-refractivity contribution in [3.05, 3.63) is 56.2 Å². The molecule has 2 rings (SSSR count). The molecule has 0 bridgehead atoms. The zero-order chi connectivity index (χ0) is 22.8. The van der Waals surface area contributed by atoms with E-state index in [1.165, 1.54) is 18.7 Å². The Hall–Kier alpha value is -2.73. The average molecular weight is 535 g/mol. The third kappa shape index (κ3) is 7.17. The number of aryl methyl sites for hydroxylation is 2. The summed E-state index contributed by atoms with van der Waals surface area (Å²) in [6, 6.07) is 11.6. The van der Waals surface area contributed by atoms with Crippen LogP contribution in [0, 0.1) is 21.8 Å². The van der Waals surface area contributed by atoms with E-state index in [4.69, 9.17) is 18.9 Å². The van der Waals surface area contributed by atoms with Gasteiger partial charge in [-0.1, -0.05) is 13.0 Å². The number of ether oxygens (including phenoxy) is 4. The summed E-state index contributed by atoms with van der Waals surface area (Å²) >= 11 is 2.13. The van der Waals surface area contributed by atoms with Crippen molar-refractivity contribution in [3.8, 4) is 23.3 Å². The number of hydrogen-bond acceptors (Lipinski definition) is 6. The molecular weight excluding hydrogens is 509 g/mol. The fourth-order valence-corrected chi connectivity index (χ4v) is 3.67. The van der Waals surface area contributed by atoms with Crippen LogP contribution in [0.3, 0.4) is 0 Å². The van der Waals surface area contributed by atoms with E-state index < -0.39 is 5.97 Å². The second-order valence-corrected chi connectivity index (χ2v) is 7.79. The van der Waals surface area contributed by atoms with Gasteiger partial charge >= 0.3 is 5.97 Å². The van der Waals surface area contributed by atoms with Gasteiger partial charge in [-0.25, -0.2) is 4.79 Å². The van der Waals surface area contributed by atoms with Gasteiger partial charge in [0.2, 0.25) is 0 Å². The first-order chi connectivity index (χ1) is 14.9. The molecule has 0 radical (unpaired) electrons. The van der Waals surface area contributed by atoms with E-state index in [0.29, 0.717) is 30.3 Å². The third-order valence-electron chi connectivity index (χ3n) is 4.30. The maximum Gasteiger partial charge on any atom is 0.348 e. The van der Waals surface area contributed by atoms with E-state index in [9.17, 15) is 10.1 Å². The molecule has 7 heteroatoms.